The number of halogens is 1. The minimum atomic E-state index is -1.21. The molecule has 4 aromatic rings. The number of fused-ring (bicyclic) bond motifs is 2. The summed E-state index contributed by atoms with van der Waals surface area (Å²) in [6, 6.07) is 15.1. The van der Waals surface area contributed by atoms with Crippen molar-refractivity contribution < 1.29 is 28.6 Å². The van der Waals surface area contributed by atoms with Crippen molar-refractivity contribution in [2.45, 2.75) is 13.0 Å². The monoisotopic (exact) mass is 502 g/mol. The van der Waals surface area contributed by atoms with E-state index in [4.69, 9.17) is 9.47 Å². The van der Waals surface area contributed by atoms with Gasteiger partial charge in [-0.2, -0.15) is 0 Å². The Labute approximate surface area is 209 Å². The quantitative estimate of drug-likeness (QED) is 0.237. The van der Waals surface area contributed by atoms with Crippen molar-refractivity contribution in [1.29, 1.82) is 0 Å². The predicted molar refractivity (Wildman–Crippen MR) is 133 cm³/mol. The van der Waals surface area contributed by atoms with E-state index in [9.17, 15) is 14.7 Å². The molecule has 0 aliphatic carbocycles. The number of amides is 1. The molecule has 3 aromatic carbocycles. The highest BCUT2D eigenvalue weighted by Gasteiger charge is 2.49. The molecule has 0 bridgehead atoms. The summed E-state index contributed by atoms with van der Waals surface area (Å²) >= 11 is 1.23. The number of hydrogen-bond donors (Lipinski definition) is 1. The molecule has 0 radical (unpaired) electrons. The maximum atomic E-state index is 15.1. The van der Waals surface area contributed by atoms with E-state index < -0.39 is 29.3 Å². The summed E-state index contributed by atoms with van der Waals surface area (Å²) in [5.41, 5.74) is 1.77. The number of rotatable bonds is 3. The number of anilines is 1. The van der Waals surface area contributed by atoms with E-state index in [1.165, 1.54) is 40.5 Å². The summed E-state index contributed by atoms with van der Waals surface area (Å²) in [7, 11) is 0. The molecule has 1 aromatic heterocycles. The molecule has 1 fully saturated rings. The van der Waals surface area contributed by atoms with Gasteiger partial charge in [0.25, 0.3) is 5.78 Å². The first-order valence-electron chi connectivity index (χ1n) is 11.2. The number of carbonyl (C=O) groups excluding carboxylic acids is 2. The lowest BCUT2D eigenvalue weighted by atomic mass is 9.95. The number of nitrogens with zero attached hydrogens (tertiary/aromatic N) is 2. The lowest BCUT2D eigenvalue weighted by molar-refractivity contribution is -0.132. The molecule has 0 saturated carbocycles. The van der Waals surface area contributed by atoms with Crippen LogP contribution >= 0.6 is 11.3 Å². The molecule has 36 heavy (non-hydrogen) atoms. The molecule has 1 unspecified atom stereocenters. The van der Waals surface area contributed by atoms with Crippen LogP contribution in [0, 0.1) is 12.7 Å². The Hall–Kier alpha value is -4.24. The third kappa shape index (κ3) is 3.51. The van der Waals surface area contributed by atoms with E-state index in [1.807, 2.05) is 25.1 Å². The molecule has 9 heteroatoms. The third-order valence-corrected chi connectivity index (χ3v) is 7.22. The summed E-state index contributed by atoms with van der Waals surface area (Å²) in [6.07, 6.45) is 0. The molecular formula is C27H19FN2O5S. The number of thiazole rings is 1. The van der Waals surface area contributed by atoms with Gasteiger partial charge in [-0.1, -0.05) is 35.6 Å². The molecule has 2 aliphatic heterocycles. The van der Waals surface area contributed by atoms with Crippen LogP contribution in [-0.2, 0) is 9.59 Å². The molecular weight excluding hydrogens is 483 g/mol. The SMILES string of the molecule is Cc1ccc2nc(N3C(=O)C(=O)C(=C(O)c4ccc5c(c4)OCCO5)C3c3ccccc3F)sc2c1. The van der Waals surface area contributed by atoms with Crippen LogP contribution in [0.1, 0.15) is 22.7 Å². The smallest absolute Gasteiger partial charge is 0.301 e. The first-order chi connectivity index (χ1) is 17.4. The summed E-state index contributed by atoms with van der Waals surface area (Å²) < 4.78 is 27.1. The number of hydrogen-bond acceptors (Lipinski definition) is 7. The lowest BCUT2D eigenvalue weighted by Crippen LogP contribution is -2.29. The number of aromatic nitrogens is 1. The van der Waals surface area contributed by atoms with E-state index in [0.29, 0.717) is 30.2 Å². The standard InChI is InChI=1S/C27H19FN2O5S/c1-14-6-8-18-21(12-14)36-27(29-18)30-23(16-4-2-3-5-17(16)28)22(25(32)26(30)33)24(31)15-7-9-19-20(13-15)35-11-10-34-19/h2-9,12-13,23,31H,10-11H2,1H3. The Morgan fingerprint density at radius 1 is 1.06 bits per heavy atom. The van der Waals surface area contributed by atoms with Crippen molar-refractivity contribution in [2.24, 2.45) is 0 Å². The van der Waals surface area contributed by atoms with E-state index >= 15 is 4.39 Å². The van der Waals surface area contributed by atoms with E-state index in [-0.39, 0.29) is 21.8 Å². The van der Waals surface area contributed by atoms with Crippen LogP contribution in [0.2, 0.25) is 0 Å². The van der Waals surface area contributed by atoms with Gasteiger partial charge in [-0.05, 0) is 48.9 Å². The summed E-state index contributed by atoms with van der Waals surface area (Å²) in [6.45, 7) is 2.68. The zero-order valence-corrected chi connectivity index (χ0v) is 19.8. The summed E-state index contributed by atoms with van der Waals surface area (Å²) in [5, 5.41) is 11.6. The summed E-state index contributed by atoms with van der Waals surface area (Å²) in [4.78, 5) is 32.4. The molecule has 1 saturated heterocycles. The molecule has 6 rings (SSSR count). The number of Topliss-reactive ketones (excluding diaryl/α,β-unsaturated/α-hetero) is 1. The van der Waals surface area contributed by atoms with Gasteiger partial charge in [0.15, 0.2) is 16.6 Å². The second-order valence-electron chi connectivity index (χ2n) is 8.52. The van der Waals surface area contributed by atoms with Crippen LogP contribution in [-0.4, -0.2) is 35.0 Å². The Morgan fingerprint density at radius 3 is 2.64 bits per heavy atom. The largest absolute Gasteiger partial charge is 0.507 e. The number of ketones is 1. The van der Waals surface area contributed by atoms with E-state index in [2.05, 4.69) is 4.98 Å². The molecule has 180 valence electrons. The van der Waals surface area contributed by atoms with Gasteiger partial charge in [0, 0.05) is 11.1 Å². The van der Waals surface area contributed by atoms with Crippen molar-refractivity contribution >= 4 is 44.1 Å². The maximum absolute atomic E-state index is 15.1. The van der Waals surface area contributed by atoms with Crippen LogP contribution in [0.5, 0.6) is 11.5 Å². The molecule has 1 atom stereocenters. The second-order valence-corrected chi connectivity index (χ2v) is 9.53. The Morgan fingerprint density at radius 2 is 1.83 bits per heavy atom. The number of benzene rings is 3. The zero-order valence-electron chi connectivity index (χ0n) is 19.0. The van der Waals surface area contributed by atoms with Gasteiger partial charge in [0.1, 0.15) is 30.8 Å². The van der Waals surface area contributed by atoms with Gasteiger partial charge in [-0.3, -0.25) is 14.5 Å². The maximum Gasteiger partial charge on any atom is 0.301 e. The number of aliphatic hydroxyl groups is 1. The van der Waals surface area contributed by atoms with Gasteiger partial charge in [-0.15, -0.1) is 0 Å². The van der Waals surface area contributed by atoms with Gasteiger partial charge in [-0.25, -0.2) is 9.37 Å². The molecule has 3 heterocycles. The number of aryl methyl sites for hydroxylation is 1. The third-order valence-electron chi connectivity index (χ3n) is 6.20. The van der Waals surface area contributed by atoms with Crippen LogP contribution in [0.15, 0.2) is 66.2 Å². The molecule has 2 aliphatic rings. The average molecular weight is 503 g/mol. The van der Waals surface area contributed by atoms with E-state index in [0.717, 1.165) is 10.3 Å². The predicted octanol–water partition coefficient (Wildman–Crippen LogP) is 5.14. The Balaban J connectivity index is 1.55. The first kappa shape index (κ1) is 22.2. The fraction of sp³-hybridized carbons (Fsp3) is 0.148. The first-order valence-corrected chi connectivity index (χ1v) is 12.1. The normalized spacial score (nSPS) is 18.7. The lowest BCUT2D eigenvalue weighted by Gasteiger charge is -2.23. The van der Waals surface area contributed by atoms with Crippen LogP contribution in [0.3, 0.4) is 0 Å². The van der Waals surface area contributed by atoms with Crippen molar-refractivity contribution in [3.05, 3.63) is 88.7 Å². The Kier molecular flexibility index (Phi) is 5.22. The zero-order chi connectivity index (χ0) is 25.0. The van der Waals surface area contributed by atoms with Crippen molar-refractivity contribution in [3.8, 4) is 11.5 Å². The fourth-order valence-corrected chi connectivity index (χ4v) is 5.58. The van der Waals surface area contributed by atoms with Gasteiger partial charge >= 0.3 is 5.91 Å². The average Bonchev–Trinajstić information content (AvgIpc) is 3.41. The van der Waals surface area contributed by atoms with Crippen molar-refractivity contribution in [2.75, 3.05) is 18.1 Å². The molecule has 1 amide bonds. The highest BCUT2D eigenvalue weighted by molar-refractivity contribution is 7.22. The minimum Gasteiger partial charge on any atom is -0.507 e. The van der Waals surface area contributed by atoms with Gasteiger partial charge in [0.2, 0.25) is 0 Å². The topological polar surface area (TPSA) is 89.0 Å². The summed E-state index contributed by atoms with van der Waals surface area (Å²) in [5.74, 6) is -1.95. The highest BCUT2D eigenvalue weighted by Crippen LogP contribution is 2.45. The van der Waals surface area contributed by atoms with Crippen LogP contribution < -0.4 is 14.4 Å². The van der Waals surface area contributed by atoms with E-state index in [1.54, 1.807) is 18.2 Å². The molecule has 7 nitrogen and oxygen atoms in total. The van der Waals surface area contributed by atoms with Crippen LogP contribution in [0.25, 0.3) is 16.0 Å². The van der Waals surface area contributed by atoms with Crippen molar-refractivity contribution in [3.63, 3.8) is 0 Å². The van der Waals surface area contributed by atoms with Crippen molar-refractivity contribution in [1.82, 2.24) is 4.98 Å². The van der Waals surface area contributed by atoms with Gasteiger partial charge < -0.3 is 14.6 Å². The number of carbonyl (C=O) groups is 2. The minimum absolute atomic E-state index is 0.0752. The van der Waals surface area contributed by atoms with Gasteiger partial charge in [0.05, 0.1) is 15.8 Å². The fourth-order valence-electron chi connectivity index (χ4n) is 4.49. The molecule has 0 spiro atoms. The number of aliphatic hydroxyl groups excluding tert-OH is 1. The Bertz CT molecular complexity index is 1590. The van der Waals surface area contributed by atoms with Crippen LogP contribution in [0.4, 0.5) is 9.52 Å². The second kappa shape index (κ2) is 8.46. The highest BCUT2D eigenvalue weighted by atomic mass is 32.1. The number of ether oxygens (including phenoxy) is 2. The molecule has 1 N–H and O–H groups in total.